The highest BCUT2D eigenvalue weighted by Gasteiger charge is 2.04. The van der Waals surface area contributed by atoms with Gasteiger partial charge in [0.05, 0.1) is 17.9 Å². The number of nitrogens with one attached hydrogen (secondary N) is 1. The largest absolute Gasteiger partial charge is 0.380 e. The van der Waals surface area contributed by atoms with E-state index < -0.39 is 0 Å². The van der Waals surface area contributed by atoms with E-state index in [4.69, 9.17) is 4.74 Å². The Labute approximate surface area is 70.6 Å². The van der Waals surface area contributed by atoms with Crippen LogP contribution >= 0.6 is 0 Å². The van der Waals surface area contributed by atoms with Crippen molar-refractivity contribution in [1.29, 1.82) is 0 Å². The lowest BCUT2D eigenvalue weighted by molar-refractivity contribution is 0.182. The van der Waals surface area contributed by atoms with Gasteiger partial charge in [-0.15, -0.1) is 0 Å². The number of aromatic nitrogens is 2. The molecular formula is C8H12N2O2. The van der Waals surface area contributed by atoms with Crippen molar-refractivity contribution in [2.45, 2.75) is 20.5 Å². The molecule has 1 aromatic rings. The average molecular weight is 168 g/mol. The van der Waals surface area contributed by atoms with Gasteiger partial charge in [0.15, 0.2) is 0 Å². The number of nitrogens with zero attached hydrogens (tertiary/aromatic N) is 1. The molecule has 1 aromatic heterocycles. The number of aromatic amines is 1. The number of ether oxygens (including phenoxy) is 1. The number of methoxy groups -OCH3 is 1. The minimum Gasteiger partial charge on any atom is -0.380 e. The topological polar surface area (TPSA) is 55.0 Å². The molecule has 0 radical (unpaired) electrons. The van der Waals surface area contributed by atoms with Gasteiger partial charge in [0.2, 0.25) is 0 Å². The normalized spacial score (nSPS) is 10.2. The van der Waals surface area contributed by atoms with Gasteiger partial charge < -0.3 is 9.72 Å². The standard InChI is InChI=1S/C8H12N2O2/c1-5-7(4-12-3)8(11)10-6(2)9-5/h4H2,1-3H3,(H,9,10,11). The zero-order valence-corrected chi connectivity index (χ0v) is 7.47. The zero-order valence-electron chi connectivity index (χ0n) is 7.47. The summed E-state index contributed by atoms with van der Waals surface area (Å²) < 4.78 is 4.87. The highest BCUT2D eigenvalue weighted by Crippen LogP contribution is 1.99. The van der Waals surface area contributed by atoms with Gasteiger partial charge in [-0.3, -0.25) is 4.79 Å². The van der Waals surface area contributed by atoms with E-state index in [0.717, 1.165) is 5.69 Å². The third-order valence-corrected chi connectivity index (χ3v) is 1.63. The predicted molar refractivity (Wildman–Crippen MR) is 45.0 cm³/mol. The second kappa shape index (κ2) is 3.49. The summed E-state index contributed by atoms with van der Waals surface area (Å²) in [6.45, 7) is 3.87. The molecule has 0 spiro atoms. The number of hydrogen-bond acceptors (Lipinski definition) is 3. The van der Waals surface area contributed by atoms with Crippen molar-refractivity contribution in [3.63, 3.8) is 0 Å². The Kier molecular flexibility index (Phi) is 2.60. The van der Waals surface area contributed by atoms with Crippen molar-refractivity contribution in [2.24, 2.45) is 0 Å². The molecule has 4 nitrogen and oxygen atoms in total. The molecule has 0 amide bonds. The zero-order chi connectivity index (χ0) is 9.14. The summed E-state index contributed by atoms with van der Waals surface area (Å²) in [5, 5.41) is 0. The van der Waals surface area contributed by atoms with Crippen molar-refractivity contribution in [3.05, 3.63) is 27.4 Å². The Bertz CT molecular complexity index is 330. The van der Waals surface area contributed by atoms with Crippen LogP contribution in [0.2, 0.25) is 0 Å². The Morgan fingerprint density at radius 1 is 1.50 bits per heavy atom. The van der Waals surface area contributed by atoms with Crippen molar-refractivity contribution in [3.8, 4) is 0 Å². The molecular weight excluding hydrogens is 156 g/mol. The van der Waals surface area contributed by atoms with E-state index in [9.17, 15) is 4.79 Å². The first-order chi connectivity index (χ1) is 5.65. The van der Waals surface area contributed by atoms with E-state index in [-0.39, 0.29) is 5.56 Å². The molecule has 0 unspecified atom stereocenters. The SMILES string of the molecule is COCc1c(C)nc(C)[nH]c1=O. The lowest BCUT2D eigenvalue weighted by Crippen LogP contribution is -2.18. The van der Waals surface area contributed by atoms with Crippen LogP contribution in [0.3, 0.4) is 0 Å². The molecule has 66 valence electrons. The average Bonchev–Trinajstić information content (AvgIpc) is 1.96. The Morgan fingerprint density at radius 2 is 2.17 bits per heavy atom. The minimum absolute atomic E-state index is 0.109. The Balaban J connectivity index is 3.19. The molecule has 0 atom stereocenters. The van der Waals surface area contributed by atoms with Crippen LogP contribution in [0.5, 0.6) is 0 Å². The van der Waals surface area contributed by atoms with E-state index >= 15 is 0 Å². The Morgan fingerprint density at radius 3 is 2.67 bits per heavy atom. The van der Waals surface area contributed by atoms with Gasteiger partial charge in [-0.05, 0) is 13.8 Å². The molecule has 0 saturated carbocycles. The van der Waals surface area contributed by atoms with Crippen LogP contribution in [-0.4, -0.2) is 17.1 Å². The molecule has 0 saturated heterocycles. The quantitative estimate of drug-likeness (QED) is 0.701. The first-order valence-electron chi connectivity index (χ1n) is 3.70. The second-order valence-corrected chi connectivity index (χ2v) is 2.65. The van der Waals surface area contributed by atoms with Gasteiger partial charge in [0.1, 0.15) is 5.82 Å². The van der Waals surface area contributed by atoms with E-state index in [1.807, 2.05) is 0 Å². The summed E-state index contributed by atoms with van der Waals surface area (Å²) in [4.78, 5) is 18.0. The van der Waals surface area contributed by atoms with Gasteiger partial charge in [0, 0.05) is 7.11 Å². The van der Waals surface area contributed by atoms with Crippen LogP contribution < -0.4 is 5.56 Å². The van der Waals surface area contributed by atoms with Crippen LogP contribution in [0.25, 0.3) is 0 Å². The predicted octanol–water partition coefficient (Wildman–Crippen LogP) is 0.533. The van der Waals surface area contributed by atoms with E-state index in [2.05, 4.69) is 9.97 Å². The summed E-state index contributed by atoms with van der Waals surface area (Å²) in [6.07, 6.45) is 0. The van der Waals surface area contributed by atoms with Crippen molar-refractivity contribution >= 4 is 0 Å². The van der Waals surface area contributed by atoms with Gasteiger partial charge in [0.25, 0.3) is 5.56 Å². The highest BCUT2D eigenvalue weighted by molar-refractivity contribution is 5.14. The van der Waals surface area contributed by atoms with Crippen molar-refractivity contribution in [1.82, 2.24) is 9.97 Å². The number of aryl methyl sites for hydroxylation is 2. The van der Waals surface area contributed by atoms with E-state index in [0.29, 0.717) is 18.0 Å². The van der Waals surface area contributed by atoms with Gasteiger partial charge in [-0.2, -0.15) is 0 Å². The maximum Gasteiger partial charge on any atom is 0.256 e. The summed E-state index contributed by atoms with van der Waals surface area (Å²) >= 11 is 0. The molecule has 1 rings (SSSR count). The molecule has 1 heterocycles. The molecule has 1 N–H and O–H groups in total. The molecule has 12 heavy (non-hydrogen) atoms. The first kappa shape index (κ1) is 8.93. The lowest BCUT2D eigenvalue weighted by atomic mass is 10.2. The smallest absolute Gasteiger partial charge is 0.256 e. The lowest BCUT2D eigenvalue weighted by Gasteiger charge is -2.02. The monoisotopic (exact) mass is 168 g/mol. The number of H-pyrrole nitrogens is 1. The van der Waals surface area contributed by atoms with Crippen LogP contribution in [0.15, 0.2) is 4.79 Å². The number of hydrogen-bond donors (Lipinski definition) is 1. The summed E-state index contributed by atoms with van der Waals surface area (Å²) in [5.74, 6) is 0.636. The fourth-order valence-electron chi connectivity index (χ4n) is 1.07. The van der Waals surface area contributed by atoms with E-state index in [1.165, 1.54) is 0 Å². The fourth-order valence-corrected chi connectivity index (χ4v) is 1.07. The molecule has 0 fully saturated rings. The summed E-state index contributed by atoms with van der Waals surface area (Å²) in [6, 6.07) is 0. The molecule has 0 bridgehead atoms. The Hall–Kier alpha value is -1.16. The third kappa shape index (κ3) is 1.71. The summed E-state index contributed by atoms with van der Waals surface area (Å²) in [7, 11) is 1.55. The second-order valence-electron chi connectivity index (χ2n) is 2.65. The maximum absolute atomic E-state index is 11.3. The van der Waals surface area contributed by atoms with Gasteiger partial charge >= 0.3 is 0 Å². The number of rotatable bonds is 2. The molecule has 0 aliphatic carbocycles. The van der Waals surface area contributed by atoms with E-state index in [1.54, 1.807) is 21.0 Å². The molecule has 4 heteroatoms. The van der Waals surface area contributed by atoms with Crippen LogP contribution in [0.1, 0.15) is 17.1 Å². The van der Waals surface area contributed by atoms with Gasteiger partial charge in [-0.1, -0.05) is 0 Å². The highest BCUT2D eigenvalue weighted by atomic mass is 16.5. The van der Waals surface area contributed by atoms with Gasteiger partial charge in [-0.25, -0.2) is 4.98 Å². The maximum atomic E-state index is 11.3. The van der Waals surface area contributed by atoms with Crippen molar-refractivity contribution in [2.75, 3.05) is 7.11 Å². The van der Waals surface area contributed by atoms with Crippen LogP contribution in [0.4, 0.5) is 0 Å². The van der Waals surface area contributed by atoms with Crippen LogP contribution in [0, 0.1) is 13.8 Å². The molecule has 0 aliphatic heterocycles. The molecule has 0 aliphatic rings. The van der Waals surface area contributed by atoms with Crippen LogP contribution in [-0.2, 0) is 11.3 Å². The summed E-state index contributed by atoms with van der Waals surface area (Å²) in [5.41, 5.74) is 1.23. The fraction of sp³-hybridized carbons (Fsp3) is 0.500. The molecule has 0 aromatic carbocycles. The first-order valence-corrected chi connectivity index (χ1v) is 3.70. The third-order valence-electron chi connectivity index (χ3n) is 1.63. The minimum atomic E-state index is -0.109. The van der Waals surface area contributed by atoms with Crippen molar-refractivity contribution < 1.29 is 4.74 Å².